The maximum Gasteiger partial charge on any atom is 0.224 e. The molecule has 1 fully saturated rings. The Morgan fingerprint density at radius 2 is 1.62 bits per heavy atom. The van der Waals surface area contributed by atoms with Gasteiger partial charge in [-0.2, -0.15) is 0 Å². The smallest absolute Gasteiger partial charge is 0.224 e. The molecule has 6 nitrogen and oxygen atoms in total. The largest absolute Gasteiger partial charge is 0.369 e. The highest BCUT2D eigenvalue weighted by Crippen LogP contribution is 2.30. The summed E-state index contributed by atoms with van der Waals surface area (Å²) in [7, 11) is 0. The Balaban J connectivity index is 1.18. The van der Waals surface area contributed by atoms with Crippen LogP contribution in [0.1, 0.15) is 28.5 Å². The Labute approximate surface area is 204 Å². The third kappa shape index (κ3) is 4.95. The number of hydrogen-bond donors (Lipinski definition) is 1. The molecule has 1 aliphatic rings. The molecule has 0 unspecified atom stereocenters. The quantitative estimate of drug-likeness (QED) is 0.422. The second-order valence-corrected chi connectivity index (χ2v) is 9.85. The fraction of sp³-hybridized carbons (Fsp3) is 0.296. The van der Waals surface area contributed by atoms with Gasteiger partial charge in [0.2, 0.25) is 5.91 Å². The molecule has 0 spiro atoms. The third-order valence-corrected chi connectivity index (χ3v) is 7.31. The number of rotatable bonds is 7. The number of hydrogen-bond acceptors (Lipinski definition) is 6. The number of fused-ring (bicyclic) bond motifs is 1. The van der Waals surface area contributed by atoms with Gasteiger partial charge in [-0.1, -0.05) is 60.7 Å². The Hall–Kier alpha value is -3.29. The highest BCUT2D eigenvalue weighted by atomic mass is 32.1. The fourth-order valence-corrected chi connectivity index (χ4v) is 5.52. The molecule has 0 atom stereocenters. The summed E-state index contributed by atoms with van der Waals surface area (Å²) in [6, 6.07) is 23.6. The van der Waals surface area contributed by atoms with Gasteiger partial charge in [0, 0.05) is 44.0 Å². The topological polar surface area (TPSA) is 61.4 Å². The number of carbonyl (C=O) groups excluding carboxylic acids is 1. The van der Waals surface area contributed by atoms with Gasteiger partial charge in [-0.3, -0.25) is 9.69 Å². The zero-order valence-electron chi connectivity index (χ0n) is 19.4. The lowest BCUT2D eigenvalue weighted by molar-refractivity contribution is -0.132. The van der Waals surface area contributed by atoms with Crippen molar-refractivity contribution in [2.24, 2.45) is 0 Å². The molecule has 0 radical (unpaired) electrons. The van der Waals surface area contributed by atoms with E-state index < -0.39 is 0 Å². The number of anilines is 1. The first-order chi connectivity index (χ1) is 16.7. The number of amides is 1. The molecular weight excluding hydrogens is 442 g/mol. The van der Waals surface area contributed by atoms with Crippen molar-refractivity contribution < 1.29 is 4.79 Å². The molecule has 4 aromatic rings. The molecule has 5 rings (SSSR count). The SMILES string of the molecule is Cc1cc2c(NCCC(=O)N3CCN(C(c4ccccc4)c4ccccc4)CC3)ncnc2s1. The van der Waals surface area contributed by atoms with E-state index in [2.05, 4.69) is 93.8 Å². The molecular formula is C27H29N5OS. The molecule has 34 heavy (non-hydrogen) atoms. The molecule has 1 N–H and O–H groups in total. The van der Waals surface area contributed by atoms with E-state index in [-0.39, 0.29) is 11.9 Å². The van der Waals surface area contributed by atoms with E-state index in [4.69, 9.17) is 0 Å². The zero-order valence-corrected chi connectivity index (χ0v) is 20.2. The van der Waals surface area contributed by atoms with E-state index >= 15 is 0 Å². The van der Waals surface area contributed by atoms with Gasteiger partial charge in [0.15, 0.2) is 0 Å². The summed E-state index contributed by atoms with van der Waals surface area (Å²) in [5.41, 5.74) is 2.58. The summed E-state index contributed by atoms with van der Waals surface area (Å²) in [5, 5.41) is 4.37. The van der Waals surface area contributed by atoms with Crippen LogP contribution in [-0.2, 0) is 4.79 Å². The molecule has 2 aromatic carbocycles. The third-order valence-electron chi connectivity index (χ3n) is 6.35. The predicted molar refractivity (Wildman–Crippen MR) is 138 cm³/mol. The minimum Gasteiger partial charge on any atom is -0.369 e. The minimum absolute atomic E-state index is 0.190. The molecule has 0 bridgehead atoms. The highest BCUT2D eigenvalue weighted by molar-refractivity contribution is 7.18. The maximum atomic E-state index is 12.9. The Kier molecular flexibility index (Phi) is 6.83. The second kappa shape index (κ2) is 10.3. The Morgan fingerprint density at radius 1 is 0.971 bits per heavy atom. The van der Waals surface area contributed by atoms with Gasteiger partial charge in [0.25, 0.3) is 0 Å². The molecule has 1 saturated heterocycles. The number of nitrogens with zero attached hydrogens (tertiary/aromatic N) is 4. The second-order valence-electron chi connectivity index (χ2n) is 8.62. The van der Waals surface area contributed by atoms with Crippen molar-refractivity contribution in [3.63, 3.8) is 0 Å². The first-order valence-electron chi connectivity index (χ1n) is 11.8. The lowest BCUT2D eigenvalue weighted by Gasteiger charge is -2.40. The molecule has 1 aliphatic heterocycles. The van der Waals surface area contributed by atoms with Crippen molar-refractivity contribution in [3.05, 3.63) is 89.1 Å². The van der Waals surface area contributed by atoms with Gasteiger partial charge in [-0.25, -0.2) is 9.97 Å². The number of aromatic nitrogens is 2. The van der Waals surface area contributed by atoms with Crippen LogP contribution in [0.25, 0.3) is 10.2 Å². The van der Waals surface area contributed by atoms with Crippen LogP contribution in [0.3, 0.4) is 0 Å². The summed E-state index contributed by atoms with van der Waals surface area (Å²) >= 11 is 1.66. The highest BCUT2D eigenvalue weighted by Gasteiger charge is 2.27. The van der Waals surface area contributed by atoms with Crippen molar-refractivity contribution in [2.75, 3.05) is 38.0 Å². The Bertz CT molecular complexity index is 1200. The Morgan fingerprint density at radius 3 is 2.26 bits per heavy atom. The van der Waals surface area contributed by atoms with Gasteiger partial charge in [0.1, 0.15) is 17.0 Å². The van der Waals surface area contributed by atoms with E-state index in [1.165, 1.54) is 16.0 Å². The van der Waals surface area contributed by atoms with Crippen LogP contribution in [0.2, 0.25) is 0 Å². The van der Waals surface area contributed by atoms with Crippen molar-refractivity contribution in [3.8, 4) is 0 Å². The van der Waals surface area contributed by atoms with Gasteiger partial charge in [-0.05, 0) is 24.1 Å². The average molecular weight is 472 g/mol. The van der Waals surface area contributed by atoms with Crippen molar-refractivity contribution in [1.82, 2.24) is 19.8 Å². The van der Waals surface area contributed by atoms with Gasteiger partial charge in [-0.15, -0.1) is 11.3 Å². The number of benzene rings is 2. The monoisotopic (exact) mass is 471 g/mol. The van der Waals surface area contributed by atoms with Crippen LogP contribution in [0, 0.1) is 6.92 Å². The van der Waals surface area contributed by atoms with Gasteiger partial charge < -0.3 is 10.2 Å². The standard InChI is InChI=1S/C27H29N5OS/c1-20-18-23-26(29-19-30-27(23)34-20)28-13-12-24(33)31-14-16-32(17-15-31)25(21-8-4-2-5-9-21)22-10-6-3-7-11-22/h2-11,18-19,25H,12-17H2,1H3,(H,28,29,30). The van der Waals surface area contributed by atoms with E-state index in [1.54, 1.807) is 17.7 Å². The first kappa shape index (κ1) is 22.5. The van der Waals surface area contributed by atoms with Crippen molar-refractivity contribution in [2.45, 2.75) is 19.4 Å². The lowest BCUT2D eigenvalue weighted by atomic mass is 9.96. The van der Waals surface area contributed by atoms with Crippen molar-refractivity contribution in [1.29, 1.82) is 0 Å². The number of thiophene rings is 1. The van der Waals surface area contributed by atoms with Crippen LogP contribution in [0.4, 0.5) is 5.82 Å². The summed E-state index contributed by atoms with van der Waals surface area (Å²) in [6.45, 7) is 5.84. The van der Waals surface area contributed by atoms with Crippen molar-refractivity contribution >= 4 is 33.3 Å². The zero-order chi connectivity index (χ0) is 23.3. The van der Waals surface area contributed by atoms with E-state index in [1.807, 2.05) is 4.90 Å². The molecule has 0 aliphatic carbocycles. The molecule has 0 saturated carbocycles. The number of piperazine rings is 1. The summed E-state index contributed by atoms with van der Waals surface area (Å²) < 4.78 is 0. The number of aryl methyl sites for hydroxylation is 1. The van der Waals surface area contributed by atoms with E-state index in [0.29, 0.717) is 13.0 Å². The predicted octanol–water partition coefficient (Wildman–Crippen LogP) is 4.74. The molecule has 3 heterocycles. The van der Waals surface area contributed by atoms with Crippen LogP contribution < -0.4 is 5.32 Å². The van der Waals surface area contributed by atoms with Crippen LogP contribution in [-0.4, -0.2) is 58.4 Å². The van der Waals surface area contributed by atoms with Crippen LogP contribution >= 0.6 is 11.3 Å². The maximum absolute atomic E-state index is 12.9. The molecule has 174 valence electrons. The summed E-state index contributed by atoms with van der Waals surface area (Å²) in [5.74, 6) is 0.996. The number of nitrogens with one attached hydrogen (secondary N) is 1. The normalized spacial score (nSPS) is 14.6. The lowest BCUT2D eigenvalue weighted by Crippen LogP contribution is -2.50. The number of carbonyl (C=O) groups is 1. The first-order valence-corrected chi connectivity index (χ1v) is 12.6. The molecule has 2 aromatic heterocycles. The summed E-state index contributed by atoms with van der Waals surface area (Å²) in [4.78, 5) is 28.3. The molecule has 1 amide bonds. The summed E-state index contributed by atoms with van der Waals surface area (Å²) in [6.07, 6.45) is 2.03. The van der Waals surface area contributed by atoms with Gasteiger partial charge in [0.05, 0.1) is 11.4 Å². The average Bonchev–Trinajstić information content (AvgIpc) is 3.27. The van der Waals surface area contributed by atoms with E-state index in [0.717, 1.165) is 42.2 Å². The molecule has 7 heteroatoms. The van der Waals surface area contributed by atoms with Crippen LogP contribution in [0.15, 0.2) is 73.1 Å². The van der Waals surface area contributed by atoms with Gasteiger partial charge >= 0.3 is 0 Å². The fourth-order valence-electron chi connectivity index (χ4n) is 4.68. The van der Waals surface area contributed by atoms with E-state index in [9.17, 15) is 4.79 Å². The minimum atomic E-state index is 0.190. The van der Waals surface area contributed by atoms with Crippen LogP contribution in [0.5, 0.6) is 0 Å².